The van der Waals surface area contributed by atoms with E-state index in [1.165, 1.54) is 16.4 Å². The Balaban J connectivity index is 1.56. The number of amides is 1. The van der Waals surface area contributed by atoms with Gasteiger partial charge in [-0.3, -0.25) is 4.79 Å². The van der Waals surface area contributed by atoms with Crippen molar-refractivity contribution in [1.29, 1.82) is 0 Å². The summed E-state index contributed by atoms with van der Waals surface area (Å²) in [4.78, 5) is 26.9. The van der Waals surface area contributed by atoms with E-state index in [0.29, 0.717) is 25.9 Å². The highest BCUT2D eigenvalue weighted by Crippen LogP contribution is 2.21. The average Bonchev–Trinajstić information content (AvgIpc) is 3.38. The fourth-order valence-corrected chi connectivity index (χ4v) is 4.96. The number of piperazine rings is 1. The second-order valence-electron chi connectivity index (χ2n) is 6.20. The van der Waals surface area contributed by atoms with Crippen molar-refractivity contribution in [2.45, 2.75) is 24.9 Å². The van der Waals surface area contributed by atoms with E-state index in [2.05, 4.69) is 0 Å². The van der Waals surface area contributed by atoms with E-state index in [9.17, 15) is 18.0 Å². The number of aryl methyl sites for hydroxylation is 1. The molecule has 0 bridgehead atoms. The quantitative estimate of drug-likeness (QED) is 0.628. The van der Waals surface area contributed by atoms with Gasteiger partial charge in [0.05, 0.1) is 6.61 Å². The Hall–Kier alpha value is -2.17. The lowest BCUT2D eigenvalue weighted by Gasteiger charge is -2.33. The fourth-order valence-electron chi connectivity index (χ4n) is 2.92. The number of thiophene rings is 1. The van der Waals surface area contributed by atoms with E-state index < -0.39 is 16.0 Å². The van der Waals surface area contributed by atoms with Gasteiger partial charge in [0.25, 0.3) is 10.0 Å². The Kier molecular flexibility index (Phi) is 6.53. The summed E-state index contributed by atoms with van der Waals surface area (Å²) >= 11 is 1.62. The Labute approximate surface area is 167 Å². The van der Waals surface area contributed by atoms with Crippen LogP contribution in [0.15, 0.2) is 39.2 Å². The van der Waals surface area contributed by atoms with Crippen LogP contribution in [-0.2, 0) is 26.0 Å². The zero-order valence-electron chi connectivity index (χ0n) is 15.5. The van der Waals surface area contributed by atoms with Crippen molar-refractivity contribution in [3.8, 4) is 0 Å². The first-order chi connectivity index (χ1) is 13.4. The average molecular weight is 427 g/mol. The van der Waals surface area contributed by atoms with Crippen LogP contribution in [0.25, 0.3) is 0 Å². The molecule has 1 saturated heterocycles. The third-order valence-electron chi connectivity index (χ3n) is 4.41. The number of rotatable bonds is 7. The summed E-state index contributed by atoms with van der Waals surface area (Å²) in [5, 5.41) is 1.68. The highest BCUT2D eigenvalue weighted by molar-refractivity contribution is 7.89. The van der Waals surface area contributed by atoms with E-state index >= 15 is 0 Å². The molecule has 1 amide bonds. The molecule has 8 nitrogen and oxygen atoms in total. The van der Waals surface area contributed by atoms with Crippen LogP contribution in [0.5, 0.6) is 0 Å². The normalized spacial score (nSPS) is 15.5. The smallest absolute Gasteiger partial charge is 0.374 e. The highest BCUT2D eigenvalue weighted by Gasteiger charge is 2.32. The summed E-state index contributed by atoms with van der Waals surface area (Å²) in [7, 11) is -3.86. The number of furan rings is 1. The number of nitrogens with zero attached hydrogens (tertiary/aromatic N) is 2. The molecule has 0 atom stereocenters. The molecule has 0 spiro atoms. The van der Waals surface area contributed by atoms with E-state index in [4.69, 9.17) is 9.15 Å². The van der Waals surface area contributed by atoms with Crippen molar-refractivity contribution >= 4 is 33.2 Å². The molecule has 0 aliphatic carbocycles. The van der Waals surface area contributed by atoms with Crippen molar-refractivity contribution < 1.29 is 27.2 Å². The number of hydrogen-bond donors (Lipinski definition) is 0. The van der Waals surface area contributed by atoms with Crippen LogP contribution >= 0.6 is 11.3 Å². The van der Waals surface area contributed by atoms with E-state index in [-0.39, 0.29) is 36.5 Å². The molecule has 0 radical (unpaired) electrons. The van der Waals surface area contributed by atoms with Gasteiger partial charge in [0.1, 0.15) is 0 Å². The minimum atomic E-state index is -3.86. The van der Waals surface area contributed by atoms with Crippen molar-refractivity contribution in [2.24, 2.45) is 0 Å². The molecule has 1 aliphatic heterocycles. The minimum Gasteiger partial charge on any atom is -0.460 e. The van der Waals surface area contributed by atoms with Crippen LogP contribution in [0.1, 0.15) is 28.8 Å². The van der Waals surface area contributed by atoms with Gasteiger partial charge in [-0.2, -0.15) is 4.31 Å². The molecule has 28 heavy (non-hydrogen) atoms. The topological polar surface area (TPSA) is 97.1 Å². The maximum atomic E-state index is 12.7. The number of carbonyl (C=O) groups is 2. The Morgan fingerprint density at radius 1 is 1.18 bits per heavy atom. The summed E-state index contributed by atoms with van der Waals surface area (Å²) in [6.45, 7) is 2.84. The van der Waals surface area contributed by atoms with Gasteiger partial charge in [-0.1, -0.05) is 6.07 Å². The molecule has 10 heteroatoms. The standard InChI is InChI=1S/C18H22N2O6S2/c1-2-25-18(22)15-6-8-17(26-15)28(23,24)20-11-9-19(10-12-20)16(21)7-5-14-4-3-13-27-14/h3-4,6,8,13H,2,5,7,9-12H2,1H3. The summed E-state index contributed by atoms with van der Waals surface area (Å²) in [5.41, 5.74) is 0. The van der Waals surface area contributed by atoms with Crippen LogP contribution in [0.3, 0.4) is 0 Å². The van der Waals surface area contributed by atoms with Gasteiger partial charge in [-0.15, -0.1) is 11.3 Å². The molecule has 3 rings (SSSR count). The lowest BCUT2D eigenvalue weighted by atomic mass is 10.2. The third kappa shape index (κ3) is 4.62. The van der Waals surface area contributed by atoms with Gasteiger partial charge in [0, 0.05) is 37.5 Å². The molecule has 152 valence electrons. The molecule has 3 heterocycles. The largest absolute Gasteiger partial charge is 0.460 e. The van der Waals surface area contributed by atoms with Gasteiger partial charge in [-0.25, -0.2) is 13.2 Å². The lowest BCUT2D eigenvalue weighted by Crippen LogP contribution is -2.50. The van der Waals surface area contributed by atoms with Gasteiger partial charge < -0.3 is 14.1 Å². The first-order valence-electron chi connectivity index (χ1n) is 8.99. The number of hydrogen-bond acceptors (Lipinski definition) is 7. The predicted octanol–water partition coefficient (Wildman–Crippen LogP) is 1.98. The lowest BCUT2D eigenvalue weighted by molar-refractivity contribution is -0.132. The van der Waals surface area contributed by atoms with Gasteiger partial charge in [-0.05, 0) is 36.9 Å². The monoisotopic (exact) mass is 426 g/mol. The highest BCUT2D eigenvalue weighted by atomic mass is 32.2. The molecular weight excluding hydrogens is 404 g/mol. The van der Waals surface area contributed by atoms with Crippen molar-refractivity contribution in [1.82, 2.24) is 9.21 Å². The maximum Gasteiger partial charge on any atom is 0.374 e. The molecule has 0 unspecified atom stereocenters. The van der Waals surface area contributed by atoms with Crippen LogP contribution < -0.4 is 0 Å². The third-order valence-corrected chi connectivity index (χ3v) is 7.12. The molecular formula is C18H22N2O6S2. The molecule has 1 fully saturated rings. The number of sulfonamides is 1. The summed E-state index contributed by atoms with van der Waals surface area (Å²) in [6.07, 6.45) is 1.10. The first kappa shape index (κ1) is 20.6. The second kappa shape index (κ2) is 8.89. The Morgan fingerprint density at radius 2 is 1.93 bits per heavy atom. The molecule has 1 aliphatic rings. The Bertz CT molecular complexity index is 912. The van der Waals surface area contributed by atoms with Gasteiger partial charge >= 0.3 is 5.97 Å². The Morgan fingerprint density at radius 3 is 2.57 bits per heavy atom. The predicted molar refractivity (Wildman–Crippen MR) is 103 cm³/mol. The molecule has 2 aromatic heterocycles. The number of ether oxygens (including phenoxy) is 1. The minimum absolute atomic E-state index is 0.0213. The molecule has 0 saturated carbocycles. The zero-order chi connectivity index (χ0) is 20.1. The molecule has 0 N–H and O–H groups in total. The zero-order valence-corrected chi connectivity index (χ0v) is 17.1. The molecule has 2 aromatic rings. The summed E-state index contributed by atoms with van der Waals surface area (Å²) < 4.78 is 36.7. The number of esters is 1. The van der Waals surface area contributed by atoms with Crippen molar-refractivity contribution in [2.75, 3.05) is 32.8 Å². The SMILES string of the molecule is CCOC(=O)c1ccc(S(=O)(=O)N2CCN(C(=O)CCc3cccs3)CC2)o1. The van der Waals surface area contributed by atoms with Crippen molar-refractivity contribution in [3.63, 3.8) is 0 Å². The number of carbonyl (C=O) groups excluding carboxylic acids is 2. The second-order valence-corrected chi connectivity index (χ2v) is 9.10. The van der Waals surface area contributed by atoms with Crippen LogP contribution in [0.2, 0.25) is 0 Å². The molecule has 0 aromatic carbocycles. The van der Waals surface area contributed by atoms with Crippen LogP contribution in [0, 0.1) is 0 Å². The van der Waals surface area contributed by atoms with E-state index in [0.717, 1.165) is 4.88 Å². The van der Waals surface area contributed by atoms with E-state index in [1.54, 1.807) is 23.2 Å². The summed E-state index contributed by atoms with van der Waals surface area (Å²) in [5.74, 6) is -0.832. The van der Waals surface area contributed by atoms with Gasteiger partial charge in [0.2, 0.25) is 16.8 Å². The maximum absolute atomic E-state index is 12.7. The fraction of sp³-hybridized carbons (Fsp3) is 0.444. The van der Waals surface area contributed by atoms with Gasteiger partial charge in [0.15, 0.2) is 0 Å². The van der Waals surface area contributed by atoms with Crippen LogP contribution in [0.4, 0.5) is 0 Å². The first-order valence-corrected chi connectivity index (χ1v) is 11.3. The van der Waals surface area contributed by atoms with Crippen LogP contribution in [-0.4, -0.2) is 62.3 Å². The summed E-state index contributed by atoms with van der Waals surface area (Å²) in [6, 6.07) is 6.49. The van der Waals surface area contributed by atoms with Crippen molar-refractivity contribution in [3.05, 3.63) is 40.3 Å². The van der Waals surface area contributed by atoms with E-state index in [1.807, 2.05) is 17.5 Å².